The number of hydrogen-bond donors (Lipinski definition) is 3. The quantitative estimate of drug-likeness (QED) is 0.230. The van der Waals surface area contributed by atoms with Crippen molar-refractivity contribution in [3.8, 4) is 0 Å². The van der Waals surface area contributed by atoms with Crippen LogP contribution in [-0.4, -0.2) is 30.2 Å². The predicted octanol–water partition coefficient (Wildman–Crippen LogP) is -2.58. The van der Waals surface area contributed by atoms with Gasteiger partial charge in [-0.1, -0.05) is 26.2 Å². The van der Waals surface area contributed by atoms with Crippen LogP contribution in [-0.2, 0) is 4.79 Å². The maximum Gasteiger partial charge on any atom is 1.00 e. The van der Waals surface area contributed by atoms with Crippen molar-refractivity contribution < 1.29 is 44.6 Å². The van der Waals surface area contributed by atoms with Gasteiger partial charge in [0, 0.05) is 13.1 Å². The zero-order chi connectivity index (χ0) is 13.1. The molecule has 0 aliphatic heterocycles. The van der Waals surface area contributed by atoms with Gasteiger partial charge in [-0.2, -0.15) is 0 Å². The molecule has 1 atom stereocenters. The molecule has 0 aromatic heterocycles. The van der Waals surface area contributed by atoms with Crippen LogP contribution in [0.5, 0.6) is 0 Å². The van der Waals surface area contributed by atoms with Crippen molar-refractivity contribution in [1.82, 2.24) is 10.6 Å². The van der Waals surface area contributed by atoms with E-state index in [1.54, 1.807) is 6.92 Å². The van der Waals surface area contributed by atoms with Gasteiger partial charge in [0.05, 0.1) is 0 Å². The second-order valence-corrected chi connectivity index (χ2v) is 4.04. The third-order valence-electron chi connectivity index (χ3n) is 2.38. The van der Waals surface area contributed by atoms with E-state index in [0.29, 0.717) is 19.5 Å². The molecule has 0 aromatic rings. The van der Waals surface area contributed by atoms with Gasteiger partial charge < -0.3 is 20.8 Å². The Bertz CT molecular complexity index is 247. The normalized spacial score (nSPS) is 12.7. The largest absolute Gasteiger partial charge is 1.00 e. The van der Waals surface area contributed by atoms with E-state index in [2.05, 4.69) is 17.6 Å². The van der Waals surface area contributed by atoms with Gasteiger partial charge in [-0.3, -0.25) is 4.79 Å². The smallest absolute Gasteiger partial charge is 0.874 e. The molecule has 0 amide bonds. The Morgan fingerprint density at radius 2 is 2.06 bits per heavy atom. The van der Waals surface area contributed by atoms with E-state index in [9.17, 15) is 9.90 Å². The van der Waals surface area contributed by atoms with Crippen molar-refractivity contribution in [2.75, 3.05) is 13.1 Å². The van der Waals surface area contributed by atoms with Crippen molar-refractivity contribution in [2.24, 2.45) is 0 Å². The Balaban J connectivity index is 0. The molecule has 6 heteroatoms. The molecule has 0 aliphatic carbocycles. The SMILES string of the molecule is CCCCC/C([O-])=C/NCCNC(C)C(=O)O.[Na+]. The number of carboxylic acids is 1. The molecule has 0 saturated heterocycles. The molecule has 1 unspecified atom stereocenters. The summed E-state index contributed by atoms with van der Waals surface area (Å²) in [4.78, 5) is 10.5. The van der Waals surface area contributed by atoms with Crippen LogP contribution in [0.2, 0.25) is 0 Å². The minimum absolute atomic E-state index is 0. The fourth-order valence-corrected chi connectivity index (χ4v) is 1.26. The van der Waals surface area contributed by atoms with E-state index in [4.69, 9.17) is 5.11 Å². The average molecular weight is 266 g/mol. The zero-order valence-corrected chi connectivity index (χ0v) is 13.7. The molecule has 0 spiro atoms. The molecule has 3 N–H and O–H groups in total. The first-order valence-corrected chi connectivity index (χ1v) is 6.13. The number of rotatable bonds is 10. The van der Waals surface area contributed by atoms with E-state index < -0.39 is 12.0 Å². The molecule has 100 valence electrons. The van der Waals surface area contributed by atoms with Gasteiger partial charge in [0.1, 0.15) is 6.04 Å². The van der Waals surface area contributed by atoms with Crippen molar-refractivity contribution in [1.29, 1.82) is 0 Å². The van der Waals surface area contributed by atoms with Crippen LogP contribution in [0.3, 0.4) is 0 Å². The van der Waals surface area contributed by atoms with E-state index in [1.165, 1.54) is 6.20 Å². The monoisotopic (exact) mass is 266 g/mol. The fourth-order valence-electron chi connectivity index (χ4n) is 1.26. The summed E-state index contributed by atoms with van der Waals surface area (Å²) in [5.74, 6) is -0.769. The van der Waals surface area contributed by atoms with Gasteiger partial charge in [-0.05, 0) is 19.5 Å². The van der Waals surface area contributed by atoms with Gasteiger partial charge in [0.2, 0.25) is 0 Å². The third kappa shape index (κ3) is 12.2. The molecule has 18 heavy (non-hydrogen) atoms. The summed E-state index contributed by atoms with van der Waals surface area (Å²) in [6, 6.07) is -0.558. The Labute approximate surface area is 131 Å². The summed E-state index contributed by atoms with van der Waals surface area (Å²) in [5.41, 5.74) is 0. The van der Waals surface area contributed by atoms with E-state index in [-0.39, 0.29) is 35.3 Å². The first-order chi connectivity index (χ1) is 8.07. The topological polar surface area (TPSA) is 84.4 Å². The van der Waals surface area contributed by atoms with Crippen LogP contribution >= 0.6 is 0 Å². The Kier molecular flexibility index (Phi) is 14.7. The first kappa shape index (κ1) is 20.1. The van der Waals surface area contributed by atoms with Crippen LogP contribution in [0, 0.1) is 0 Å². The standard InChI is InChI=1S/C12H24N2O3.Na/c1-3-4-5-6-11(15)9-13-7-8-14-10(2)12(16)17;/h9-10,13-15H,3-8H2,1-2H3,(H,16,17);/q;+1/p-1/b11-9-;. The molecule has 0 rings (SSSR count). The average Bonchev–Trinajstić information content (AvgIpc) is 2.28. The third-order valence-corrected chi connectivity index (χ3v) is 2.38. The number of hydrogen-bond acceptors (Lipinski definition) is 4. The van der Waals surface area contributed by atoms with Crippen molar-refractivity contribution in [2.45, 2.75) is 45.6 Å². The van der Waals surface area contributed by atoms with Gasteiger partial charge in [0.15, 0.2) is 0 Å². The zero-order valence-electron chi connectivity index (χ0n) is 11.7. The predicted molar refractivity (Wildman–Crippen MR) is 65.3 cm³/mol. The Hall–Kier alpha value is -0.230. The summed E-state index contributed by atoms with van der Waals surface area (Å²) in [7, 11) is 0. The summed E-state index contributed by atoms with van der Waals surface area (Å²) in [5, 5.41) is 25.6. The maximum atomic E-state index is 11.3. The molecular weight excluding hydrogens is 243 g/mol. The van der Waals surface area contributed by atoms with Gasteiger partial charge in [-0.25, -0.2) is 0 Å². The van der Waals surface area contributed by atoms with Crippen LogP contribution in [0.25, 0.3) is 0 Å². The van der Waals surface area contributed by atoms with Crippen molar-refractivity contribution >= 4 is 5.97 Å². The number of aliphatic carboxylic acids is 1. The molecule has 5 nitrogen and oxygen atoms in total. The van der Waals surface area contributed by atoms with E-state index >= 15 is 0 Å². The van der Waals surface area contributed by atoms with Crippen molar-refractivity contribution in [3.05, 3.63) is 12.0 Å². The Morgan fingerprint density at radius 3 is 2.61 bits per heavy atom. The number of allylic oxidation sites excluding steroid dienone is 1. The molecule has 0 fully saturated rings. The second kappa shape index (κ2) is 13.2. The summed E-state index contributed by atoms with van der Waals surface area (Å²) >= 11 is 0. The number of carboxylic acid groups (broad SMARTS) is 1. The van der Waals surface area contributed by atoms with Crippen LogP contribution in [0.1, 0.15) is 39.5 Å². The summed E-state index contributed by atoms with van der Waals surface area (Å²) in [6.07, 6.45) is 5.18. The molecule has 0 saturated carbocycles. The van der Waals surface area contributed by atoms with Gasteiger partial charge >= 0.3 is 35.5 Å². The maximum absolute atomic E-state index is 11.3. The summed E-state index contributed by atoms with van der Waals surface area (Å²) in [6.45, 7) is 4.76. The van der Waals surface area contributed by atoms with Gasteiger partial charge in [-0.15, -0.1) is 5.76 Å². The number of unbranched alkanes of at least 4 members (excludes halogenated alkanes) is 2. The van der Waals surface area contributed by atoms with E-state index in [0.717, 1.165) is 19.3 Å². The first-order valence-electron chi connectivity index (χ1n) is 6.13. The fraction of sp³-hybridized carbons (Fsp3) is 0.750. The molecule has 0 heterocycles. The van der Waals surface area contributed by atoms with Gasteiger partial charge in [0.25, 0.3) is 0 Å². The van der Waals surface area contributed by atoms with Crippen LogP contribution in [0.15, 0.2) is 12.0 Å². The van der Waals surface area contributed by atoms with E-state index in [1.807, 2.05) is 0 Å². The number of nitrogens with one attached hydrogen (secondary N) is 2. The molecule has 0 radical (unpaired) electrons. The Morgan fingerprint density at radius 1 is 1.39 bits per heavy atom. The molecular formula is C12H23N2NaO3. The van der Waals surface area contributed by atoms with Crippen molar-refractivity contribution in [3.63, 3.8) is 0 Å². The summed E-state index contributed by atoms with van der Waals surface area (Å²) < 4.78 is 0. The minimum atomic E-state index is -0.871. The molecule has 0 aliphatic rings. The second-order valence-electron chi connectivity index (χ2n) is 4.04. The molecule has 0 bridgehead atoms. The van der Waals surface area contributed by atoms with Crippen LogP contribution in [0.4, 0.5) is 0 Å². The van der Waals surface area contributed by atoms with Crippen LogP contribution < -0.4 is 45.3 Å². The number of carbonyl (C=O) groups is 1. The molecule has 0 aromatic carbocycles. The minimum Gasteiger partial charge on any atom is -0.874 e.